The van der Waals surface area contributed by atoms with Crippen LogP contribution in [0.2, 0.25) is 0 Å². The maximum Gasteiger partial charge on any atom is 0.0220 e. The molecule has 0 spiro atoms. The Morgan fingerprint density at radius 3 is 2.28 bits per heavy atom. The summed E-state index contributed by atoms with van der Waals surface area (Å²) in [6, 6.07) is 0.728. The van der Waals surface area contributed by atoms with Gasteiger partial charge in [0.2, 0.25) is 0 Å². The molecule has 2 heteroatoms. The van der Waals surface area contributed by atoms with E-state index >= 15 is 0 Å². The lowest BCUT2D eigenvalue weighted by molar-refractivity contribution is 0.108. The van der Waals surface area contributed by atoms with E-state index in [1.165, 1.54) is 64.6 Å². The van der Waals surface area contributed by atoms with E-state index in [0.717, 1.165) is 12.0 Å². The third kappa shape index (κ3) is 3.96. The van der Waals surface area contributed by atoms with Crippen molar-refractivity contribution in [1.29, 1.82) is 0 Å². The number of nitrogens with one attached hydrogen (secondary N) is 1. The number of likely N-dealkylation sites (tertiary alicyclic amines) is 1. The Morgan fingerprint density at radius 1 is 1.11 bits per heavy atom. The van der Waals surface area contributed by atoms with Crippen LogP contribution in [0, 0.1) is 11.3 Å². The Morgan fingerprint density at radius 2 is 1.72 bits per heavy atom. The monoisotopic (exact) mass is 252 g/mol. The first kappa shape index (κ1) is 14.3. The van der Waals surface area contributed by atoms with E-state index in [2.05, 4.69) is 31.1 Å². The second-order valence-electron chi connectivity index (χ2n) is 7.26. The Hall–Kier alpha value is -0.0800. The minimum Gasteiger partial charge on any atom is -0.315 e. The van der Waals surface area contributed by atoms with Gasteiger partial charge in [0, 0.05) is 12.6 Å². The van der Waals surface area contributed by atoms with Gasteiger partial charge in [-0.3, -0.25) is 0 Å². The highest BCUT2D eigenvalue weighted by molar-refractivity contribution is 4.85. The SMILES string of the molecule is CNC(CN1CCC(C)(C)CC1)C1CCCCC1. The molecule has 0 aromatic carbocycles. The fourth-order valence-electron chi connectivity index (χ4n) is 3.63. The predicted octanol–water partition coefficient (Wildman–Crippen LogP) is 3.28. The molecule has 1 atom stereocenters. The minimum absolute atomic E-state index is 0.580. The number of rotatable bonds is 4. The van der Waals surface area contributed by atoms with E-state index in [4.69, 9.17) is 0 Å². The summed E-state index contributed by atoms with van der Waals surface area (Å²) in [5.41, 5.74) is 0.580. The minimum atomic E-state index is 0.580. The largest absolute Gasteiger partial charge is 0.315 e. The van der Waals surface area contributed by atoms with Gasteiger partial charge in [-0.1, -0.05) is 33.1 Å². The summed E-state index contributed by atoms with van der Waals surface area (Å²) >= 11 is 0. The highest BCUT2D eigenvalue weighted by atomic mass is 15.2. The Labute approximate surface area is 114 Å². The Bertz CT molecular complexity index is 233. The van der Waals surface area contributed by atoms with Crippen LogP contribution in [0.4, 0.5) is 0 Å². The van der Waals surface area contributed by atoms with Gasteiger partial charge in [0.15, 0.2) is 0 Å². The molecule has 2 fully saturated rings. The zero-order valence-electron chi connectivity index (χ0n) is 12.7. The van der Waals surface area contributed by atoms with Crippen molar-refractivity contribution in [1.82, 2.24) is 10.2 Å². The highest BCUT2D eigenvalue weighted by Gasteiger charge is 2.29. The van der Waals surface area contributed by atoms with Gasteiger partial charge in [-0.25, -0.2) is 0 Å². The number of likely N-dealkylation sites (N-methyl/N-ethyl adjacent to an activating group) is 1. The fourth-order valence-corrected chi connectivity index (χ4v) is 3.63. The summed E-state index contributed by atoms with van der Waals surface area (Å²) in [6.07, 6.45) is 10.0. The van der Waals surface area contributed by atoms with Crippen LogP contribution in [0.25, 0.3) is 0 Å². The molecule has 2 rings (SSSR count). The molecule has 1 saturated heterocycles. The van der Waals surface area contributed by atoms with Crippen molar-refractivity contribution in [3.63, 3.8) is 0 Å². The van der Waals surface area contributed by atoms with E-state index < -0.39 is 0 Å². The molecule has 1 saturated carbocycles. The molecule has 1 aliphatic heterocycles. The van der Waals surface area contributed by atoms with Gasteiger partial charge >= 0.3 is 0 Å². The van der Waals surface area contributed by atoms with E-state index in [9.17, 15) is 0 Å². The summed E-state index contributed by atoms with van der Waals surface area (Å²) in [7, 11) is 2.16. The molecule has 106 valence electrons. The Kier molecular flexibility index (Phi) is 5.08. The van der Waals surface area contributed by atoms with Crippen molar-refractivity contribution in [3.8, 4) is 0 Å². The van der Waals surface area contributed by atoms with Crippen LogP contribution >= 0.6 is 0 Å². The van der Waals surface area contributed by atoms with E-state index in [-0.39, 0.29) is 0 Å². The molecule has 0 aromatic rings. The lowest BCUT2D eigenvalue weighted by Gasteiger charge is -2.40. The van der Waals surface area contributed by atoms with Crippen LogP contribution in [-0.4, -0.2) is 37.6 Å². The lowest BCUT2D eigenvalue weighted by Crippen LogP contribution is -2.48. The topological polar surface area (TPSA) is 15.3 Å². The standard InChI is InChI=1S/C16H32N2/c1-16(2)9-11-18(12-10-16)13-15(17-3)14-7-5-4-6-8-14/h14-15,17H,4-13H2,1-3H3. The van der Waals surface area contributed by atoms with Crippen molar-refractivity contribution in [3.05, 3.63) is 0 Å². The maximum atomic E-state index is 3.60. The second kappa shape index (κ2) is 6.38. The summed E-state index contributed by atoms with van der Waals surface area (Å²) in [5.74, 6) is 0.929. The first-order valence-corrected chi connectivity index (χ1v) is 8.00. The van der Waals surface area contributed by atoms with Gasteiger partial charge in [0.05, 0.1) is 0 Å². The van der Waals surface area contributed by atoms with Gasteiger partial charge < -0.3 is 10.2 Å². The first-order chi connectivity index (χ1) is 8.61. The molecule has 1 N–H and O–H groups in total. The van der Waals surface area contributed by atoms with Crippen molar-refractivity contribution in [2.75, 3.05) is 26.7 Å². The number of hydrogen-bond acceptors (Lipinski definition) is 2. The molecule has 0 amide bonds. The van der Waals surface area contributed by atoms with Crippen LogP contribution in [0.1, 0.15) is 58.8 Å². The Balaban J connectivity index is 1.79. The number of hydrogen-bond donors (Lipinski definition) is 1. The van der Waals surface area contributed by atoms with Crippen molar-refractivity contribution in [2.24, 2.45) is 11.3 Å². The molecule has 0 radical (unpaired) electrons. The van der Waals surface area contributed by atoms with Crippen LogP contribution in [-0.2, 0) is 0 Å². The van der Waals surface area contributed by atoms with Crippen molar-refractivity contribution in [2.45, 2.75) is 64.8 Å². The molecule has 18 heavy (non-hydrogen) atoms. The smallest absolute Gasteiger partial charge is 0.0220 e. The number of piperidine rings is 1. The third-order valence-corrected chi connectivity index (χ3v) is 5.25. The van der Waals surface area contributed by atoms with Gasteiger partial charge in [0.1, 0.15) is 0 Å². The molecule has 0 aromatic heterocycles. The van der Waals surface area contributed by atoms with Gasteiger partial charge in [-0.05, 0) is 57.2 Å². The second-order valence-corrected chi connectivity index (χ2v) is 7.26. The summed E-state index contributed by atoms with van der Waals surface area (Å²) < 4.78 is 0. The van der Waals surface area contributed by atoms with Gasteiger partial charge in [-0.2, -0.15) is 0 Å². The average molecular weight is 252 g/mol. The van der Waals surface area contributed by atoms with Crippen molar-refractivity contribution < 1.29 is 0 Å². The fraction of sp³-hybridized carbons (Fsp3) is 1.00. The molecule has 2 nitrogen and oxygen atoms in total. The zero-order chi connectivity index (χ0) is 13.0. The van der Waals surface area contributed by atoms with Crippen LogP contribution in [0.15, 0.2) is 0 Å². The van der Waals surface area contributed by atoms with Crippen molar-refractivity contribution >= 4 is 0 Å². The first-order valence-electron chi connectivity index (χ1n) is 8.00. The van der Waals surface area contributed by atoms with Crippen LogP contribution < -0.4 is 5.32 Å². The van der Waals surface area contributed by atoms with Crippen LogP contribution in [0.5, 0.6) is 0 Å². The molecular formula is C16H32N2. The van der Waals surface area contributed by atoms with E-state index in [1.54, 1.807) is 0 Å². The molecule has 2 aliphatic rings. The molecule has 1 aliphatic carbocycles. The maximum absolute atomic E-state index is 3.60. The van der Waals surface area contributed by atoms with Crippen LogP contribution in [0.3, 0.4) is 0 Å². The molecule has 1 unspecified atom stereocenters. The molecule has 1 heterocycles. The third-order valence-electron chi connectivity index (χ3n) is 5.25. The molecular weight excluding hydrogens is 220 g/mol. The average Bonchev–Trinajstić information content (AvgIpc) is 2.39. The summed E-state index contributed by atoms with van der Waals surface area (Å²) in [6.45, 7) is 8.72. The normalized spacial score (nSPS) is 28.2. The van der Waals surface area contributed by atoms with Gasteiger partial charge in [0.25, 0.3) is 0 Å². The van der Waals surface area contributed by atoms with Gasteiger partial charge in [-0.15, -0.1) is 0 Å². The number of nitrogens with zero attached hydrogens (tertiary/aromatic N) is 1. The van der Waals surface area contributed by atoms with E-state index in [1.807, 2.05) is 0 Å². The summed E-state index contributed by atoms with van der Waals surface area (Å²) in [4.78, 5) is 2.70. The van der Waals surface area contributed by atoms with E-state index in [0.29, 0.717) is 5.41 Å². The summed E-state index contributed by atoms with van der Waals surface area (Å²) in [5, 5.41) is 3.60. The zero-order valence-corrected chi connectivity index (χ0v) is 12.7. The molecule has 0 bridgehead atoms. The quantitative estimate of drug-likeness (QED) is 0.826. The lowest BCUT2D eigenvalue weighted by atomic mass is 9.81. The highest BCUT2D eigenvalue weighted by Crippen LogP contribution is 2.31. The predicted molar refractivity (Wildman–Crippen MR) is 78.9 cm³/mol.